The second kappa shape index (κ2) is 8.37. The number of nitrogens with one attached hydrogen (secondary N) is 1. The van der Waals surface area contributed by atoms with Gasteiger partial charge in [-0.1, -0.05) is 26.7 Å². The van der Waals surface area contributed by atoms with E-state index < -0.39 is 11.4 Å². The highest BCUT2D eigenvalue weighted by Crippen LogP contribution is 2.31. The lowest BCUT2D eigenvalue weighted by Crippen LogP contribution is -2.41. The normalized spacial score (nSPS) is 19.8. The fourth-order valence-corrected chi connectivity index (χ4v) is 2.64. The Morgan fingerprint density at radius 3 is 2.24 bits per heavy atom. The lowest BCUT2D eigenvalue weighted by atomic mass is 9.76. The minimum atomic E-state index is -0.993. The number of amides is 1. The molecule has 0 saturated carbocycles. The molecular weight excluding hydrogens is 268 g/mol. The molecule has 0 spiro atoms. The summed E-state index contributed by atoms with van der Waals surface area (Å²) in [5.74, 6) is -1.14. The molecule has 122 valence electrons. The van der Waals surface area contributed by atoms with Gasteiger partial charge in [0.05, 0.1) is 5.41 Å². The van der Waals surface area contributed by atoms with Crippen molar-refractivity contribution in [3.8, 4) is 0 Å². The van der Waals surface area contributed by atoms with Gasteiger partial charge in [0.15, 0.2) is 0 Å². The smallest absolute Gasteiger partial charge is 0.310 e. The van der Waals surface area contributed by atoms with E-state index in [4.69, 9.17) is 0 Å². The zero-order valence-corrected chi connectivity index (χ0v) is 13.7. The average Bonchev–Trinajstić information content (AvgIpc) is 2.66. The standard InChI is InChI=1S/C16H30N2O3/c1-13(2)16(3,15(20)21)12-14(19)17-8-11-18-9-6-4-5-7-10-18/h13H,4-12H2,1-3H3,(H,17,19)(H,20,21). The predicted octanol–water partition coefficient (Wildman–Crippen LogP) is 2.12. The molecule has 0 radical (unpaired) electrons. The van der Waals surface area contributed by atoms with Crippen molar-refractivity contribution >= 4 is 11.9 Å². The van der Waals surface area contributed by atoms with Crippen molar-refractivity contribution in [2.45, 2.75) is 52.9 Å². The number of carboxylic acid groups (broad SMARTS) is 1. The van der Waals surface area contributed by atoms with E-state index in [1.165, 1.54) is 25.7 Å². The van der Waals surface area contributed by atoms with Crippen molar-refractivity contribution in [1.29, 1.82) is 0 Å². The molecule has 1 heterocycles. The van der Waals surface area contributed by atoms with Crippen LogP contribution in [0.1, 0.15) is 52.9 Å². The molecule has 1 saturated heterocycles. The summed E-state index contributed by atoms with van der Waals surface area (Å²) in [5, 5.41) is 12.2. The number of carboxylic acids is 1. The first-order chi connectivity index (χ1) is 9.86. The number of likely N-dealkylation sites (tertiary alicyclic amines) is 1. The molecule has 0 aromatic carbocycles. The zero-order valence-electron chi connectivity index (χ0n) is 13.7. The number of hydrogen-bond acceptors (Lipinski definition) is 3. The third-order valence-corrected chi connectivity index (χ3v) is 4.74. The molecule has 0 aliphatic carbocycles. The summed E-state index contributed by atoms with van der Waals surface area (Å²) >= 11 is 0. The molecule has 1 fully saturated rings. The zero-order chi connectivity index (χ0) is 15.9. The fraction of sp³-hybridized carbons (Fsp3) is 0.875. The van der Waals surface area contributed by atoms with Crippen LogP contribution in [0.15, 0.2) is 0 Å². The number of carbonyl (C=O) groups excluding carboxylic acids is 1. The van der Waals surface area contributed by atoms with Gasteiger partial charge in [0, 0.05) is 19.5 Å². The molecule has 1 atom stereocenters. The second-order valence-electron chi connectivity index (χ2n) is 6.66. The highest BCUT2D eigenvalue weighted by Gasteiger charge is 2.38. The van der Waals surface area contributed by atoms with Crippen LogP contribution in [-0.2, 0) is 9.59 Å². The fourth-order valence-electron chi connectivity index (χ4n) is 2.64. The second-order valence-corrected chi connectivity index (χ2v) is 6.66. The van der Waals surface area contributed by atoms with Crippen LogP contribution in [0.4, 0.5) is 0 Å². The lowest BCUT2D eigenvalue weighted by molar-refractivity contribution is -0.153. The molecule has 21 heavy (non-hydrogen) atoms. The number of rotatable bonds is 7. The Morgan fingerprint density at radius 1 is 1.19 bits per heavy atom. The van der Waals surface area contributed by atoms with Gasteiger partial charge >= 0.3 is 5.97 Å². The van der Waals surface area contributed by atoms with E-state index in [9.17, 15) is 14.7 Å². The molecule has 1 unspecified atom stereocenters. The van der Waals surface area contributed by atoms with Gasteiger partial charge in [0.25, 0.3) is 0 Å². The van der Waals surface area contributed by atoms with Crippen LogP contribution < -0.4 is 5.32 Å². The first-order valence-electron chi connectivity index (χ1n) is 8.08. The molecule has 5 nitrogen and oxygen atoms in total. The summed E-state index contributed by atoms with van der Waals surface area (Å²) in [6.07, 6.45) is 5.11. The van der Waals surface area contributed by atoms with Gasteiger partial charge in [0.2, 0.25) is 5.91 Å². The quantitative estimate of drug-likeness (QED) is 0.755. The topological polar surface area (TPSA) is 69.6 Å². The maximum Gasteiger partial charge on any atom is 0.310 e. The van der Waals surface area contributed by atoms with Gasteiger partial charge in [-0.05, 0) is 38.8 Å². The molecular formula is C16H30N2O3. The summed E-state index contributed by atoms with van der Waals surface area (Å²) in [5.41, 5.74) is -0.993. The van der Waals surface area contributed by atoms with E-state index in [-0.39, 0.29) is 18.2 Å². The van der Waals surface area contributed by atoms with Gasteiger partial charge in [-0.25, -0.2) is 0 Å². The largest absolute Gasteiger partial charge is 0.481 e. The lowest BCUT2D eigenvalue weighted by Gasteiger charge is -2.28. The summed E-state index contributed by atoms with van der Waals surface area (Å²) in [4.78, 5) is 25.7. The summed E-state index contributed by atoms with van der Waals surface area (Å²) in [7, 11) is 0. The first-order valence-corrected chi connectivity index (χ1v) is 8.08. The highest BCUT2D eigenvalue weighted by atomic mass is 16.4. The molecule has 0 bridgehead atoms. The third-order valence-electron chi connectivity index (χ3n) is 4.74. The van der Waals surface area contributed by atoms with Crippen LogP contribution in [-0.4, -0.2) is 48.1 Å². The van der Waals surface area contributed by atoms with Crippen LogP contribution in [0.2, 0.25) is 0 Å². The Hall–Kier alpha value is -1.10. The molecule has 2 N–H and O–H groups in total. The van der Waals surface area contributed by atoms with Crippen molar-refractivity contribution in [1.82, 2.24) is 10.2 Å². The monoisotopic (exact) mass is 298 g/mol. The Balaban J connectivity index is 2.34. The number of nitrogens with zero attached hydrogens (tertiary/aromatic N) is 1. The van der Waals surface area contributed by atoms with Crippen molar-refractivity contribution in [2.24, 2.45) is 11.3 Å². The van der Waals surface area contributed by atoms with E-state index in [1.54, 1.807) is 6.92 Å². The summed E-state index contributed by atoms with van der Waals surface area (Å²) < 4.78 is 0. The van der Waals surface area contributed by atoms with Crippen molar-refractivity contribution < 1.29 is 14.7 Å². The van der Waals surface area contributed by atoms with Crippen LogP contribution in [0, 0.1) is 11.3 Å². The van der Waals surface area contributed by atoms with E-state index in [0.717, 1.165) is 19.6 Å². The van der Waals surface area contributed by atoms with Gasteiger partial charge < -0.3 is 15.3 Å². The molecule has 1 aliphatic heterocycles. The van der Waals surface area contributed by atoms with Crippen molar-refractivity contribution in [3.63, 3.8) is 0 Å². The maximum absolute atomic E-state index is 12.0. The van der Waals surface area contributed by atoms with Gasteiger partial charge in [0.1, 0.15) is 0 Å². The molecule has 0 aromatic rings. The average molecular weight is 298 g/mol. The number of carbonyl (C=O) groups is 2. The predicted molar refractivity (Wildman–Crippen MR) is 83.1 cm³/mol. The number of hydrogen-bond donors (Lipinski definition) is 2. The SMILES string of the molecule is CC(C)C(C)(CC(=O)NCCN1CCCCCC1)C(=O)O. The third kappa shape index (κ3) is 5.65. The minimum absolute atomic E-state index is 0.0417. The van der Waals surface area contributed by atoms with Gasteiger partial charge in [-0.2, -0.15) is 0 Å². The van der Waals surface area contributed by atoms with Crippen molar-refractivity contribution in [3.05, 3.63) is 0 Å². The Kier molecular flexibility index (Phi) is 7.15. The highest BCUT2D eigenvalue weighted by molar-refractivity contribution is 5.84. The van der Waals surface area contributed by atoms with E-state index in [1.807, 2.05) is 13.8 Å². The Bertz CT molecular complexity index is 349. The van der Waals surface area contributed by atoms with Gasteiger partial charge in [-0.3, -0.25) is 9.59 Å². The van der Waals surface area contributed by atoms with E-state index in [2.05, 4.69) is 10.2 Å². The molecule has 1 amide bonds. The van der Waals surface area contributed by atoms with Crippen molar-refractivity contribution in [2.75, 3.05) is 26.2 Å². The van der Waals surface area contributed by atoms with Crippen LogP contribution in [0.25, 0.3) is 0 Å². The first kappa shape index (κ1) is 18.0. The minimum Gasteiger partial charge on any atom is -0.481 e. The van der Waals surface area contributed by atoms with E-state index >= 15 is 0 Å². The Labute approximate surface area is 128 Å². The summed E-state index contributed by atoms with van der Waals surface area (Å²) in [6.45, 7) is 9.01. The molecule has 1 rings (SSSR count). The molecule has 5 heteroatoms. The van der Waals surface area contributed by atoms with Gasteiger partial charge in [-0.15, -0.1) is 0 Å². The molecule has 0 aromatic heterocycles. The van der Waals surface area contributed by atoms with Crippen LogP contribution in [0.3, 0.4) is 0 Å². The molecule has 1 aliphatic rings. The Morgan fingerprint density at radius 2 is 1.76 bits per heavy atom. The number of aliphatic carboxylic acids is 1. The van der Waals surface area contributed by atoms with Crippen LogP contribution >= 0.6 is 0 Å². The maximum atomic E-state index is 12.0. The van der Waals surface area contributed by atoms with E-state index in [0.29, 0.717) is 6.54 Å². The summed E-state index contributed by atoms with van der Waals surface area (Å²) in [6, 6.07) is 0. The van der Waals surface area contributed by atoms with Crippen LogP contribution in [0.5, 0.6) is 0 Å².